The van der Waals surface area contributed by atoms with Crippen molar-refractivity contribution in [2.75, 3.05) is 33.4 Å². The van der Waals surface area contributed by atoms with Crippen LogP contribution in [0.15, 0.2) is 12.4 Å². The van der Waals surface area contributed by atoms with E-state index in [0.29, 0.717) is 31.2 Å². The zero-order valence-electron chi connectivity index (χ0n) is 11.3. The van der Waals surface area contributed by atoms with E-state index in [1.807, 2.05) is 11.9 Å². The maximum absolute atomic E-state index is 12.2. The van der Waals surface area contributed by atoms with E-state index < -0.39 is 0 Å². The molecule has 1 amide bonds. The van der Waals surface area contributed by atoms with Crippen LogP contribution < -0.4 is 0 Å². The van der Waals surface area contributed by atoms with Gasteiger partial charge >= 0.3 is 0 Å². The first-order valence-corrected chi connectivity index (χ1v) is 6.55. The molecule has 2 aliphatic rings. The molecule has 1 aromatic heterocycles. The largest absolute Gasteiger partial charge is 0.384 e. The summed E-state index contributed by atoms with van der Waals surface area (Å²) in [5.74, 6) is 0.431. The Labute approximate surface area is 112 Å². The van der Waals surface area contributed by atoms with Crippen LogP contribution in [0.4, 0.5) is 0 Å². The summed E-state index contributed by atoms with van der Waals surface area (Å²) in [6, 6.07) is 0. The van der Waals surface area contributed by atoms with Gasteiger partial charge in [-0.1, -0.05) is 0 Å². The number of methoxy groups -OCH3 is 1. The minimum absolute atomic E-state index is 0.0328. The normalized spacial score (nSPS) is 24.7. The number of nitrogens with zero attached hydrogens (tertiary/aromatic N) is 3. The van der Waals surface area contributed by atoms with Crippen LogP contribution in [0.3, 0.4) is 0 Å². The fourth-order valence-corrected chi connectivity index (χ4v) is 3.03. The van der Waals surface area contributed by atoms with Crippen LogP contribution in [0.5, 0.6) is 0 Å². The van der Waals surface area contributed by atoms with E-state index in [-0.39, 0.29) is 11.5 Å². The van der Waals surface area contributed by atoms with Crippen LogP contribution in [0.25, 0.3) is 0 Å². The van der Waals surface area contributed by atoms with Crippen LogP contribution in [0.2, 0.25) is 0 Å². The van der Waals surface area contributed by atoms with E-state index in [1.165, 1.54) is 0 Å². The number of ether oxygens (including phenoxy) is 2. The molecule has 0 radical (unpaired) electrons. The van der Waals surface area contributed by atoms with Gasteiger partial charge in [0.25, 0.3) is 5.91 Å². The predicted molar refractivity (Wildman–Crippen MR) is 67.8 cm³/mol. The number of rotatable bonds is 3. The van der Waals surface area contributed by atoms with Gasteiger partial charge in [0.1, 0.15) is 5.60 Å². The second-order valence-corrected chi connectivity index (χ2v) is 5.42. The molecular weight excluding hydrogens is 246 g/mol. The summed E-state index contributed by atoms with van der Waals surface area (Å²) < 4.78 is 12.8. The number of carbonyl (C=O) groups is 1. The molecule has 2 fully saturated rings. The highest BCUT2D eigenvalue weighted by Gasteiger charge is 2.54. The van der Waals surface area contributed by atoms with Gasteiger partial charge < -0.3 is 14.4 Å². The number of carbonyl (C=O) groups excluding carboxylic acids is 1. The molecule has 0 saturated carbocycles. The molecule has 6 heteroatoms. The highest BCUT2D eigenvalue weighted by atomic mass is 16.5. The monoisotopic (exact) mass is 265 g/mol. The fourth-order valence-electron chi connectivity index (χ4n) is 3.03. The van der Waals surface area contributed by atoms with Gasteiger partial charge in [-0.3, -0.25) is 9.48 Å². The Balaban J connectivity index is 1.64. The summed E-state index contributed by atoms with van der Waals surface area (Å²) in [4.78, 5) is 14.1. The summed E-state index contributed by atoms with van der Waals surface area (Å²) in [7, 11) is 3.52. The second-order valence-electron chi connectivity index (χ2n) is 5.42. The molecule has 1 aromatic rings. The van der Waals surface area contributed by atoms with Crippen molar-refractivity contribution in [3.8, 4) is 0 Å². The van der Waals surface area contributed by atoms with Gasteiger partial charge in [0.2, 0.25) is 0 Å². The van der Waals surface area contributed by atoms with Gasteiger partial charge in [0.05, 0.1) is 31.5 Å². The zero-order chi connectivity index (χ0) is 13.5. The summed E-state index contributed by atoms with van der Waals surface area (Å²) >= 11 is 0. The van der Waals surface area contributed by atoms with Gasteiger partial charge in [-0.05, 0) is 6.42 Å². The Morgan fingerprint density at radius 1 is 1.63 bits per heavy atom. The fraction of sp³-hybridized carbons (Fsp3) is 0.692. The van der Waals surface area contributed by atoms with Gasteiger partial charge in [0.15, 0.2) is 0 Å². The number of aromatic nitrogens is 2. The summed E-state index contributed by atoms with van der Waals surface area (Å²) in [5, 5.41) is 4.03. The lowest BCUT2D eigenvalue weighted by molar-refractivity contribution is -0.125. The Bertz CT molecular complexity index is 479. The highest BCUT2D eigenvalue weighted by molar-refractivity contribution is 5.94. The molecule has 19 heavy (non-hydrogen) atoms. The topological polar surface area (TPSA) is 56.6 Å². The maximum Gasteiger partial charge on any atom is 0.257 e. The van der Waals surface area contributed by atoms with E-state index in [2.05, 4.69) is 5.10 Å². The molecule has 1 spiro atoms. The van der Waals surface area contributed by atoms with Gasteiger partial charge in [-0.15, -0.1) is 0 Å². The van der Waals surface area contributed by atoms with Crippen LogP contribution in [0, 0.1) is 5.92 Å². The summed E-state index contributed by atoms with van der Waals surface area (Å²) in [5.41, 5.74) is 0.465. The standard InChI is InChI=1S/C13H19N3O3/c1-15-6-10(5-14-15)12(17)16-8-13(9-16)11(7-18-2)3-4-19-13/h5-6,11H,3-4,7-9H2,1-2H3/t11-/m0/s1. The van der Waals surface area contributed by atoms with Crippen LogP contribution in [0.1, 0.15) is 16.8 Å². The average molecular weight is 265 g/mol. The number of aryl methyl sites for hydroxylation is 1. The van der Waals surface area contributed by atoms with Gasteiger partial charge in [0, 0.05) is 32.9 Å². The third kappa shape index (κ3) is 2.04. The van der Waals surface area contributed by atoms with Gasteiger partial charge in [-0.2, -0.15) is 5.10 Å². The van der Waals surface area contributed by atoms with E-state index in [4.69, 9.17) is 9.47 Å². The molecular formula is C13H19N3O3. The first kappa shape index (κ1) is 12.6. The quantitative estimate of drug-likeness (QED) is 0.788. The third-order valence-corrected chi connectivity index (χ3v) is 4.12. The lowest BCUT2D eigenvalue weighted by Crippen LogP contribution is -2.66. The molecule has 2 saturated heterocycles. The lowest BCUT2D eigenvalue weighted by atomic mass is 9.81. The van der Waals surface area contributed by atoms with Crippen LogP contribution in [-0.4, -0.2) is 59.6 Å². The van der Waals surface area contributed by atoms with E-state index in [1.54, 1.807) is 24.2 Å². The first-order valence-electron chi connectivity index (χ1n) is 6.55. The molecule has 0 N–H and O–H groups in total. The van der Waals surface area contributed by atoms with Crippen LogP contribution >= 0.6 is 0 Å². The summed E-state index contributed by atoms with van der Waals surface area (Å²) in [6.45, 7) is 2.79. The number of likely N-dealkylation sites (tertiary alicyclic amines) is 1. The molecule has 3 rings (SSSR count). The minimum Gasteiger partial charge on any atom is -0.384 e. The molecule has 104 valence electrons. The Hall–Kier alpha value is -1.40. The second kappa shape index (κ2) is 4.61. The van der Waals surface area contributed by atoms with Crippen molar-refractivity contribution in [2.45, 2.75) is 12.0 Å². The Morgan fingerprint density at radius 3 is 3.05 bits per heavy atom. The van der Waals surface area contributed by atoms with Crippen molar-refractivity contribution in [2.24, 2.45) is 13.0 Å². The molecule has 0 aliphatic carbocycles. The molecule has 1 atom stereocenters. The van der Waals surface area contributed by atoms with Crippen molar-refractivity contribution in [3.63, 3.8) is 0 Å². The van der Waals surface area contributed by atoms with Crippen molar-refractivity contribution in [1.29, 1.82) is 0 Å². The smallest absolute Gasteiger partial charge is 0.257 e. The maximum atomic E-state index is 12.2. The third-order valence-electron chi connectivity index (χ3n) is 4.12. The first-order chi connectivity index (χ1) is 9.14. The van der Waals surface area contributed by atoms with E-state index >= 15 is 0 Å². The predicted octanol–water partition coefficient (Wildman–Crippen LogP) is 0.298. The molecule has 0 aromatic carbocycles. The molecule has 3 heterocycles. The average Bonchev–Trinajstić information content (AvgIpc) is 2.93. The summed E-state index contributed by atoms with van der Waals surface area (Å²) in [6.07, 6.45) is 4.37. The minimum atomic E-state index is -0.173. The van der Waals surface area contributed by atoms with E-state index in [0.717, 1.165) is 13.0 Å². The zero-order valence-corrected chi connectivity index (χ0v) is 11.3. The van der Waals surface area contributed by atoms with Crippen molar-refractivity contribution < 1.29 is 14.3 Å². The molecule has 2 aliphatic heterocycles. The number of hydrogen-bond donors (Lipinski definition) is 0. The van der Waals surface area contributed by atoms with E-state index in [9.17, 15) is 4.79 Å². The number of amides is 1. The van der Waals surface area contributed by atoms with Crippen molar-refractivity contribution in [1.82, 2.24) is 14.7 Å². The van der Waals surface area contributed by atoms with Crippen molar-refractivity contribution >= 4 is 5.91 Å². The Morgan fingerprint density at radius 2 is 2.42 bits per heavy atom. The molecule has 6 nitrogen and oxygen atoms in total. The van der Waals surface area contributed by atoms with Crippen LogP contribution in [-0.2, 0) is 16.5 Å². The van der Waals surface area contributed by atoms with Gasteiger partial charge in [-0.25, -0.2) is 0 Å². The molecule has 0 unspecified atom stereocenters. The highest BCUT2D eigenvalue weighted by Crippen LogP contribution is 2.40. The lowest BCUT2D eigenvalue weighted by Gasteiger charge is -2.50. The number of hydrogen-bond acceptors (Lipinski definition) is 4. The molecule has 0 bridgehead atoms. The SMILES string of the molecule is COC[C@@H]1CCOC12CN(C(=O)c1cnn(C)c1)C2. The Kier molecular flexibility index (Phi) is 3.06. The van der Waals surface area contributed by atoms with Crippen molar-refractivity contribution in [3.05, 3.63) is 18.0 Å².